The van der Waals surface area contributed by atoms with Crippen molar-refractivity contribution in [2.45, 2.75) is 4.90 Å². The van der Waals surface area contributed by atoms with Gasteiger partial charge < -0.3 is 24.4 Å². The molecule has 4 aromatic carbocycles. The molecule has 2 aromatic heterocycles. The van der Waals surface area contributed by atoms with E-state index in [1.54, 1.807) is 41.1 Å². The fourth-order valence-corrected chi connectivity index (χ4v) is 5.99. The highest BCUT2D eigenvalue weighted by molar-refractivity contribution is 7.92. The standard InChI is InChI=1S/C38H33N7O7S/c1-50-34-23-25(11-19-32(34)46)9-17-30-38(42-39-27-13-15-29(16-14-27)53(48,49)44-36-21-22-37(52-3)41-40-36)31(45(43-30)28-7-5-4-6-8-28)18-10-26-12-20-33(47)35(24-26)51-2/h4-24,46-47H,1-3H3,(H,40,44)/b17-9+,18-10+,42-39?. The van der Waals surface area contributed by atoms with Gasteiger partial charge in [-0.25, -0.2) is 13.1 Å². The van der Waals surface area contributed by atoms with Gasteiger partial charge in [0.25, 0.3) is 10.0 Å². The predicted octanol–water partition coefficient (Wildman–Crippen LogP) is 7.66. The molecule has 0 atom stereocenters. The number of aromatic nitrogens is 4. The van der Waals surface area contributed by atoms with Crippen LogP contribution in [-0.2, 0) is 10.0 Å². The Morgan fingerprint density at radius 1 is 0.698 bits per heavy atom. The second-order valence-corrected chi connectivity index (χ2v) is 12.8. The SMILES string of the molecule is COc1ccc(NS(=O)(=O)c2ccc(N=Nc3c(/C=C/c4ccc(O)c(OC)c4)nn(-c4ccccc4)c3/C=C/c3ccc(O)c(OC)c3)cc2)nn1. The molecule has 0 fully saturated rings. The second kappa shape index (κ2) is 15.9. The van der Waals surface area contributed by atoms with Gasteiger partial charge in [-0.2, -0.15) is 10.2 Å². The van der Waals surface area contributed by atoms with Gasteiger partial charge in [0.05, 0.1) is 43.3 Å². The Hall–Kier alpha value is -7.00. The summed E-state index contributed by atoms with van der Waals surface area (Å²) in [4.78, 5) is -0.0214. The molecule has 0 bridgehead atoms. The van der Waals surface area contributed by atoms with Crippen LogP contribution in [0, 0.1) is 0 Å². The van der Waals surface area contributed by atoms with Gasteiger partial charge in [-0.3, -0.25) is 4.72 Å². The van der Waals surface area contributed by atoms with E-state index in [2.05, 4.69) is 25.1 Å². The maximum absolute atomic E-state index is 13.0. The van der Waals surface area contributed by atoms with Crippen molar-refractivity contribution in [3.05, 3.63) is 126 Å². The molecule has 0 radical (unpaired) electrons. The van der Waals surface area contributed by atoms with Crippen LogP contribution < -0.4 is 18.9 Å². The third kappa shape index (κ3) is 8.49. The number of hydrogen-bond acceptors (Lipinski definition) is 12. The topological polar surface area (TPSA) is 183 Å². The number of anilines is 1. The number of benzene rings is 4. The molecule has 53 heavy (non-hydrogen) atoms. The summed E-state index contributed by atoms with van der Waals surface area (Å²) in [6.45, 7) is 0. The van der Waals surface area contributed by atoms with Crippen LogP contribution in [0.15, 0.2) is 118 Å². The molecular formula is C38H33N7O7S. The monoisotopic (exact) mass is 731 g/mol. The molecule has 15 heteroatoms. The summed E-state index contributed by atoms with van der Waals surface area (Å²) in [7, 11) is 0.391. The first-order valence-corrected chi connectivity index (χ1v) is 17.4. The van der Waals surface area contributed by atoms with Crippen molar-refractivity contribution < 1.29 is 32.8 Å². The number of rotatable bonds is 13. The summed E-state index contributed by atoms with van der Waals surface area (Å²) in [5.74, 6) is 0.921. The lowest BCUT2D eigenvalue weighted by Gasteiger charge is -2.07. The van der Waals surface area contributed by atoms with E-state index in [0.29, 0.717) is 34.3 Å². The maximum Gasteiger partial charge on any atom is 0.263 e. The lowest BCUT2D eigenvalue weighted by atomic mass is 10.1. The molecule has 0 saturated heterocycles. The average molecular weight is 732 g/mol. The first-order chi connectivity index (χ1) is 25.7. The highest BCUT2D eigenvalue weighted by Crippen LogP contribution is 2.34. The van der Waals surface area contributed by atoms with E-state index >= 15 is 0 Å². The van der Waals surface area contributed by atoms with Crippen molar-refractivity contribution in [2.75, 3.05) is 26.1 Å². The van der Waals surface area contributed by atoms with Crippen LogP contribution >= 0.6 is 0 Å². The van der Waals surface area contributed by atoms with Crippen LogP contribution in [0.1, 0.15) is 22.5 Å². The number of phenolic OH excluding ortho intramolecular Hbond substituents is 2. The average Bonchev–Trinajstić information content (AvgIpc) is 3.53. The molecule has 0 aliphatic rings. The van der Waals surface area contributed by atoms with Crippen molar-refractivity contribution in [3.8, 4) is 34.6 Å². The number of para-hydroxylation sites is 1. The Morgan fingerprint density at radius 2 is 1.34 bits per heavy atom. The van der Waals surface area contributed by atoms with E-state index in [1.807, 2.05) is 42.5 Å². The lowest BCUT2D eigenvalue weighted by molar-refractivity contribution is 0.373. The summed E-state index contributed by atoms with van der Waals surface area (Å²) in [5, 5.41) is 41.8. The van der Waals surface area contributed by atoms with Gasteiger partial charge in [-0.05, 0) is 90.0 Å². The molecule has 14 nitrogen and oxygen atoms in total. The van der Waals surface area contributed by atoms with Gasteiger partial charge in [0.2, 0.25) is 5.88 Å². The highest BCUT2D eigenvalue weighted by Gasteiger charge is 2.18. The van der Waals surface area contributed by atoms with Crippen molar-refractivity contribution in [2.24, 2.45) is 10.2 Å². The normalized spacial score (nSPS) is 11.8. The third-order valence-corrected chi connectivity index (χ3v) is 9.07. The van der Waals surface area contributed by atoms with Crippen LogP contribution in [0.5, 0.6) is 28.9 Å². The van der Waals surface area contributed by atoms with Gasteiger partial charge in [0.1, 0.15) is 11.4 Å². The van der Waals surface area contributed by atoms with Crippen LogP contribution in [0.2, 0.25) is 0 Å². The predicted molar refractivity (Wildman–Crippen MR) is 201 cm³/mol. The van der Waals surface area contributed by atoms with E-state index in [1.165, 1.54) is 69.9 Å². The Kier molecular flexibility index (Phi) is 10.8. The van der Waals surface area contributed by atoms with Gasteiger partial charge in [0.15, 0.2) is 28.8 Å². The summed E-state index contributed by atoms with van der Waals surface area (Å²) in [6, 6.07) is 28.2. The van der Waals surface area contributed by atoms with Crippen LogP contribution in [0.25, 0.3) is 30.0 Å². The summed E-state index contributed by atoms with van der Waals surface area (Å²) >= 11 is 0. The third-order valence-electron chi connectivity index (χ3n) is 7.70. The van der Waals surface area contributed by atoms with Crippen molar-refractivity contribution in [1.29, 1.82) is 0 Å². The molecule has 0 amide bonds. The molecule has 0 unspecified atom stereocenters. The quantitative estimate of drug-likeness (QED) is 0.0998. The van der Waals surface area contributed by atoms with Gasteiger partial charge in [0, 0.05) is 6.07 Å². The molecule has 3 N–H and O–H groups in total. The van der Waals surface area contributed by atoms with Crippen LogP contribution in [0.4, 0.5) is 17.2 Å². The van der Waals surface area contributed by atoms with E-state index in [9.17, 15) is 18.6 Å². The molecule has 0 spiro atoms. The van der Waals surface area contributed by atoms with Gasteiger partial charge >= 0.3 is 0 Å². The lowest BCUT2D eigenvalue weighted by Crippen LogP contribution is -2.14. The van der Waals surface area contributed by atoms with Gasteiger partial charge in [-0.15, -0.1) is 15.3 Å². The fraction of sp³-hybridized carbons (Fsp3) is 0.0789. The Bertz CT molecular complexity index is 2410. The molecule has 0 aliphatic heterocycles. The van der Waals surface area contributed by atoms with Crippen LogP contribution in [0.3, 0.4) is 0 Å². The van der Waals surface area contributed by atoms with Crippen molar-refractivity contribution >= 4 is 51.5 Å². The number of methoxy groups -OCH3 is 3. The van der Waals surface area contributed by atoms with Crippen molar-refractivity contribution in [3.63, 3.8) is 0 Å². The molecule has 6 aromatic rings. The minimum absolute atomic E-state index is 0.00906. The first kappa shape index (κ1) is 35.8. The Labute approximate surface area is 305 Å². The Balaban J connectivity index is 1.40. The molecule has 268 valence electrons. The number of hydrogen-bond donors (Lipinski definition) is 3. The minimum atomic E-state index is -3.99. The maximum atomic E-state index is 13.0. The van der Waals surface area contributed by atoms with E-state index < -0.39 is 10.0 Å². The number of sulfonamides is 1. The molecule has 6 rings (SSSR count). The number of aromatic hydroxyl groups is 2. The number of nitrogens with zero attached hydrogens (tertiary/aromatic N) is 6. The Morgan fingerprint density at radius 3 is 1.92 bits per heavy atom. The highest BCUT2D eigenvalue weighted by atomic mass is 32.2. The number of ether oxygens (including phenoxy) is 3. The van der Waals surface area contributed by atoms with E-state index in [0.717, 1.165) is 16.8 Å². The summed E-state index contributed by atoms with van der Waals surface area (Å²) in [6.07, 6.45) is 7.22. The zero-order valence-electron chi connectivity index (χ0n) is 28.7. The zero-order chi connectivity index (χ0) is 37.4. The number of azo groups is 1. The minimum Gasteiger partial charge on any atom is -0.504 e. The van der Waals surface area contributed by atoms with E-state index in [4.69, 9.17) is 19.3 Å². The second-order valence-electron chi connectivity index (χ2n) is 11.2. The molecular weight excluding hydrogens is 699 g/mol. The fourth-order valence-electron chi connectivity index (χ4n) is 5.00. The molecule has 0 aliphatic carbocycles. The largest absolute Gasteiger partial charge is 0.504 e. The zero-order valence-corrected chi connectivity index (χ0v) is 29.5. The van der Waals surface area contributed by atoms with Crippen molar-refractivity contribution in [1.82, 2.24) is 20.0 Å². The molecule has 2 heterocycles. The first-order valence-electron chi connectivity index (χ1n) is 15.9. The summed E-state index contributed by atoms with van der Waals surface area (Å²) in [5.41, 5.74) is 4.02. The smallest absolute Gasteiger partial charge is 0.263 e. The number of phenols is 2. The number of nitrogens with one attached hydrogen (secondary N) is 1. The molecule has 0 saturated carbocycles. The summed E-state index contributed by atoms with van der Waals surface area (Å²) < 4.78 is 45.7. The van der Waals surface area contributed by atoms with E-state index in [-0.39, 0.29) is 28.1 Å². The van der Waals surface area contributed by atoms with Gasteiger partial charge in [-0.1, -0.05) is 42.5 Å². The van der Waals surface area contributed by atoms with Crippen LogP contribution in [-0.4, -0.2) is 59.9 Å².